The van der Waals surface area contributed by atoms with Crippen molar-refractivity contribution < 1.29 is 30.3 Å². The molecule has 26 heavy (non-hydrogen) atoms. The first-order valence-corrected chi connectivity index (χ1v) is 9.32. The zero-order valence-corrected chi connectivity index (χ0v) is 15.4. The fourth-order valence-electron chi connectivity index (χ4n) is 6.46. The highest BCUT2D eigenvalue weighted by molar-refractivity contribution is 6.04. The Morgan fingerprint density at radius 2 is 1.85 bits per heavy atom. The van der Waals surface area contributed by atoms with Crippen LogP contribution in [0.5, 0.6) is 0 Å². The number of carbonyl (C=O) groups excluding carboxylic acids is 1. The van der Waals surface area contributed by atoms with E-state index in [1.54, 1.807) is 26.0 Å². The van der Waals surface area contributed by atoms with Crippen LogP contribution in [-0.2, 0) is 4.79 Å². The molecule has 0 aromatic rings. The minimum Gasteiger partial charge on any atom is -0.396 e. The molecule has 4 aliphatic rings. The largest absolute Gasteiger partial charge is 0.396 e. The highest BCUT2D eigenvalue weighted by Crippen LogP contribution is 2.74. The fraction of sp³-hybridized carbons (Fsp3) is 0.750. The first-order chi connectivity index (χ1) is 12.0. The van der Waals surface area contributed by atoms with Crippen LogP contribution < -0.4 is 0 Å². The summed E-state index contributed by atoms with van der Waals surface area (Å²) in [5, 5.41) is 54.0. The maximum Gasteiger partial charge on any atom is 0.190 e. The number of Topliss-reactive ketones (excluding diaryl/α,β-unsaturated/α-hetero) is 1. The number of aliphatic hydroxyl groups is 5. The Kier molecular flexibility index (Phi) is 3.56. The Balaban J connectivity index is 1.92. The lowest BCUT2D eigenvalue weighted by Crippen LogP contribution is -2.60. The topological polar surface area (TPSA) is 118 Å². The number of rotatable bonds is 2. The van der Waals surface area contributed by atoms with Gasteiger partial charge in [0.1, 0.15) is 5.60 Å². The second-order valence-electron chi connectivity index (χ2n) is 9.24. The first-order valence-electron chi connectivity index (χ1n) is 9.32. The number of ketones is 1. The van der Waals surface area contributed by atoms with Crippen molar-refractivity contribution in [3.05, 3.63) is 23.3 Å². The summed E-state index contributed by atoms with van der Waals surface area (Å²) in [7, 11) is 0. The van der Waals surface area contributed by atoms with Crippen LogP contribution in [0, 0.1) is 29.1 Å². The third-order valence-corrected chi connectivity index (χ3v) is 8.03. The third-order valence-electron chi connectivity index (χ3n) is 8.03. The zero-order valence-electron chi connectivity index (χ0n) is 15.4. The molecule has 0 radical (unpaired) electrons. The maximum absolute atomic E-state index is 12.7. The van der Waals surface area contributed by atoms with Crippen LogP contribution in [0.15, 0.2) is 23.3 Å². The lowest BCUT2D eigenvalue weighted by Gasteiger charge is -2.50. The van der Waals surface area contributed by atoms with E-state index in [0.29, 0.717) is 11.1 Å². The number of carbonyl (C=O) groups is 1. The predicted octanol–water partition coefficient (Wildman–Crippen LogP) is -0.0683. The quantitative estimate of drug-likeness (QED) is 0.438. The van der Waals surface area contributed by atoms with Crippen LogP contribution in [0.4, 0.5) is 0 Å². The van der Waals surface area contributed by atoms with E-state index in [4.69, 9.17) is 0 Å². The van der Waals surface area contributed by atoms with Crippen LogP contribution in [0.25, 0.3) is 0 Å². The Bertz CT molecular complexity index is 743. The molecule has 0 heterocycles. The molecular weight excluding hydrogens is 336 g/mol. The van der Waals surface area contributed by atoms with Gasteiger partial charge in [0.25, 0.3) is 0 Å². The zero-order chi connectivity index (χ0) is 19.3. The summed E-state index contributed by atoms with van der Waals surface area (Å²) in [6.07, 6.45) is 3.65. The number of hydrogen-bond donors (Lipinski definition) is 5. The van der Waals surface area contributed by atoms with Gasteiger partial charge in [0, 0.05) is 29.6 Å². The Labute approximate surface area is 152 Å². The average Bonchev–Trinajstić information content (AvgIpc) is 3.02. The van der Waals surface area contributed by atoms with E-state index in [9.17, 15) is 30.3 Å². The van der Waals surface area contributed by atoms with Gasteiger partial charge in [0.15, 0.2) is 5.78 Å². The first kappa shape index (κ1) is 18.3. The van der Waals surface area contributed by atoms with E-state index in [0.717, 1.165) is 0 Å². The highest BCUT2D eigenvalue weighted by atomic mass is 16.3. The third kappa shape index (κ3) is 1.77. The normalized spacial score (nSPS) is 55.3. The molecule has 0 spiro atoms. The summed E-state index contributed by atoms with van der Waals surface area (Å²) < 4.78 is 0. The summed E-state index contributed by atoms with van der Waals surface area (Å²) >= 11 is 0. The van der Waals surface area contributed by atoms with E-state index < -0.39 is 51.7 Å². The summed E-state index contributed by atoms with van der Waals surface area (Å²) in [4.78, 5) is 12.7. The molecule has 0 amide bonds. The molecule has 4 rings (SSSR count). The Hall–Kier alpha value is -1.05. The van der Waals surface area contributed by atoms with Crippen molar-refractivity contribution in [2.24, 2.45) is 29.1 Å². The molecule has 2 saturated carbocycles. The molecule has 8 unspecified atom stereocenters. The lowest BCUT2D eigenvalue weighted by atomic mass is 9.60. The van der Waals surface area contributed by atoms with Gasteiger partial charge in [-0.05, 0) is 30.4 Å². The molecule has 0 aromatic carbocycles. The Morgan fingerprint density at radius 3 is 2.42 bits per heavy atom. The fourth-order valence-corrected chi connectivity index (χ4v) is 6.46. The molecule has 0 bridgehead atoms. The van der Waals surface area contributed by atoms with E-state index in [1.807, 2.05) is 6.92 Å². The van der Waals surface area contributed by atoms with Crippen molar-refractivity contribution in [1.29, 1.82) is 0 Å². The molecule has 2 fully saturated rings. The van der Waals surface area contributed by atoms with Crippen molar-refractivity contribution >= 4 is 5.78 Å². The summed E-state index contributed by atoms with van der Waals surface area (Å²) in [6, 6.07) is 0. The van der Waals surface area contributed by atoms with Gasteiger partial charge in [-0.1, -0.05) is 26.0 Å². The molecule has 0 aliphatic heterocycles. The smallest absolute Gasteiger partial charge is 0.190 e. The highest BCUT2D eigenvalue weighted by Gasteiger charge is 2.82. The molecule has 144 valence electrons. The number of hydrogen-bond acceptors (Lipinski definition) is 6. The van der Waals surface area contributed by atoms with Gasteiger partial charge in [0.2, 0.25) is 0 Å². The molecule has 4 aliphatic carbocycles. The van der Waals surface area contributed by atoms with E-state index >= 15 is 0 Å². The van der Waals surface area contributed by atoms with Crippen LogP contribution in [0.3, 0.4) is 0 Å². The maximum atomic E-state index is 12.7. The minimum atomic E-state index is -1.78. The van der Waals surface area contributed by atoms with Gasteiger partial charge in [0.05, 0.1) is 24.4 Å². The van der Waals surface area contributed by atoms with Gasteiger partial charge in [-0.15, -0.1) is 0 Å². The molecule has 0 saturated heterocycles. The van der Waals surface area contributed by atoms with Crippen LogP contribution in [0.2, 0.25) is 0 Å². The molecule has 0 aromatic heterocycles. The SMILES string of the molecule is CC1=CC2C(O)(CC(CO)=CC3C4C(C)(CO)C4(O)CC(C)C32O)C1=O. The average molecular weight is 364 g/mol. The van der Waals surface area contributed by atoms with Crippen molar-refractivity contribution in [1.82, 2.24) is 0 Å². The van der Waals surface area contributed by atoms with Crippen molar-refractivity contribution in [2.75, 3.05) is 13.2 Å². The van der Waals surface area contributed by atoms with Crippen LogP contribution in [0.1, 0.15) is 33.6 Å². The van der Waals surface area contributed by atoms with Crippen molar-refractivity contribution in [3.63, 3.8) is 0 Å². The molecule has 6 heteroatoms. The van der Waals surface area contributed by atoms with Gasteiger partial charge >= 0.3 is 0 Å². The summed E-state index contributed by atoms with van der Waals surface area (Å²) in [5.74, 6) is -2.58. The van der Waals surface area contributed by atoms with Crippen LogP contribution >= 0.6 is 0 Å². The Morgan fingerprint density at radius 1 is 1.19 bits per heavy atom. The van der Waals surface area contributed by atoms with E-state index in [2.05, 4.69) is 0 Å². The predicted molar refractivity (Wildman–Crippen MR) is 92.8 cm³/mol. The van der Waals surface area contributed by atoms with Gasteiger partial charge in [-0.3, -0.25) is 4.79 Å². The van der Waals surface area contributed by atoms with Crippen LogP contribution in [-0.4, -0.2) is 61.3 Å². The second kappa shape index (κ2) is 5.06. The summed E-state index contributed by atoms with van der Waals surface area (Å²) in [5.41, 5.74) is -4.17. The molecule has 6 nitrogen and oxygen atoms in total. The monoisotopic (exact) mass is 364 g/mol. The second-order valence-corrected chi connectivity index (χ2v) is 9.24. The lowest BCUT2D eigenvalue weighted by molar-refractivity contribution is -0.177. The molecular formula is C20H28O6. The number of fused-ring (bicyclic) bond motifs is 5. The summed E-state index contributed by atoms with van der Waals surface area (Å²) in [6.45, 7) is 4.72. The van der Waals surface area contributed by atoms with E-state index in [1.165, 1.54) is 0 Å². The van der Waals surface area contributed by atoms with Gasteiger partial charge in [-0.25, -0.2) is 0 Å². The standard InChI is InChI=1S/C20H28O6/c1-10-4-14-18(24,16(10)23)7-12(8-21)5-13-15-17(3,9-22)19(15,25)6-11(2)20(13,14)26/h4-5,11,13-15,21-22,24-26H,6-9H2,1-3H3. The van der Waals surface area contributed by atoms with Gasteiger partial charge < -0.3 is 25.5 Å². The molecule has 8 atom stereocenters. The van der Waals surface area contributed by atoms with Gasteiger partial charge in [-0.2, -0.15) is 0 Å². The van der Waals surface area contributed by atoms with E-state index in [-0.39, 0.29) is 26.1 Å². The number of aliphatic hydroxyl groups excluding tert-OH is 2. The van der Waals surface area contributed by atoms with Crippen molar-refractivity contribution in [2.45, 2.75) is 50.4 Å². The minimum absolute atomic E-state index is 0.0344. The van der Waals surface area contributed by atoms with Crippen molar-refractivity contribution in [3.8, 4) is 0 Å². The molecule has 5 N–H and O–H groups in total.